The maximum absolute atomic E-state index is 14.3. The number of nitrogens with zero attached hydrogens (tertiary/aromatic N) is 2. The molecule has 8 atom stereocenters. The number of amides is 5. The van der Waals surface area contributed by atoms with Crippen LogP contribution in [0.15, 0.2) is 58.3 Å². The Bertz CT molecular complexity index is 1830. The van der Waals surface area contributed by atoms with Gasteiger partial charge in [0.15, 0.2) is 0 Å². The van der Waals surface area contributed by atoms with E-state index in [-0.39, 0.29) is 42.2 Å². The van der Waals surface area contributed by atoms with Crippen molar-refractivity contribution in [3.05, 3.63) is 48.5 Å². The summed E-state index contributed by atoms with van der Waals surface area (Å²) in [5.74, 6) is -1.55. The van der Waals surface area contributed by atoms with Crippen LogP contribution in [-0.2, 0) is 33.4 Å². The summed E-state index contributed by atoms with van der Waals surface area (Å²) in [5, 5.41) is 18.3. The highest BCUT2D eigenvalue weighted by atomic mass is 33.1. The van der Waals surface area contributed by atoms with Crippen molar-refractivity contribution in [1.82, 2.24) is 31.1 Å². The van der Waals surface area contributed by atoms with E-state index in [1.54, 1.807) is 25.9 Å². The van der Waals surface area contributed by atoms with Gasteiger partial charge in [-0.15, -0.1) is 0 Å². The summed E-state index contributed by atoms with van der Waals surface area (Å²) in [6.07, 6.45) is 0.536. The molecule has 6 rings (SSSR count). The minimum absolute atomic E-state index is 0.133. The third-order valence-corrected chi connectivity index (χ3v) is 14.8. The van der Waals surface area contributed by atoms with Gasteiger partial charge in [0.2, 0.25) is 29.5 Å². The Labute approximate surface area is 365 Å². The van der Waals surface area contributed by atoms with Crippen molar-refractivity contribution < 1.29 is 33.4 Å². The summed E-state index contributed by atoms with van der Waals surface area (Å²) in [7, 11) is 6.30. The van der Waals surface area contributed by atoms with Gasteiger partial charge < -0.3 is 51.2 Å². The molecule has 2 unspecified atom stereocenters. The number of anilines is 2. The van der Waals surface area contributed by atoms with Crippen LogP contribution in [0.5, 0.6) is 0 Å². The van der Waals surface area contributed by atoms with Crippen LogP contribution in [0.1, 0.15) is 67.2 Å². The maximum atomic E-state index is 14.3. The van der Waals surface area contributed by atoms with Gasteiger partial charge >= 0.3 is 0 Å². The Morgan fingerprint density at radius 2 is 1.12 bits per heavy atom. The van der Waals surface area contributed by atoms with Crippen molar-refractivity contribution in [3.63, 3.8) is 0 Å². The molecule has 15 nitrogen and oxygen atoms in total. The number of rotatable bonds is 13. The van der Waals surface area contributed by atoms with Crippen molar-refractivity contribution in [2.75, 3.05) is 37.9 Å². The second-order valence-corrected chi connectivity index (χ2v) is 19.8. The highest BCUT2D eigenvalue weighted by Gasteiger charge is 2.56. The molecule has 6 N–H and O–H groups in total. The molecule has 2 aromatic carbocycles. The second-order valence-electron chi connectivity index (χ2n) is 17.2. The van der Waals surface area contributed by atoms with Gasteiger partial charge in [0.25, 0.3) is 0 Å². The Kier molecular flexibility index (Phi) is 14.6. The normalized spacial score (nSPS) is 26.8. The Hall–Kier alpha value is -3.78. The molecule has 326 valence electrons. The predicted octanol–water partition coefficient (Wildman–Crippen LogP) is 4.10. The molecule has 4 fully saturated rings. The van der Waals surface area contributed by atoms with Gasteiger partial charge in [0, 0.05) is 16.2 Å². The van der Waals surface area contributed by atoms with Gasteiger partial charge in [-0.05, 0) is 82.3 Å². The lowest BCUT2D eigenvalue weighted by Crippen LogP contribution is -2.57. The van der Waals surface area contributed by atoms with Crippen LogP contribution in [0, 0.1) is 10.8 Å². The standard InChI is InChI=1S/C42H58N8O7S3/c1-23(43-7)35(51)47-27-17-19-56-31-21-41(3,4)33(49(31)39(27)54)36(52)45-25-13-9-11-15-29(25)59-60-30-16-12-10-14-26(30)46-37(53)34-42(5,6)22-32-50(34)40(55)28(18-20-57-32)48-38(58)24(2)44-8/h9-16,23-24,27-28,31-34,43-44H,17-22H2,1-8H3,(H,45,52)(H,46,53)(H,47,51)(H,48,58)/t23-,24-,27-,28-,31-,32-,33?,34?/m0/s1. The Morgan fingerprint density at radius 3 is 1.55 bits per heavy atom. The van der Waals surface area contributed by atoms with Crippen molar-refractivity contribution in [2.45, 2.75) is 126 Å². The summed E-state index contributed by atoms with van der Waals surface area (Å²) >= 11 is 5.56. The molecule has 4 saturated heterocycles. The van der Waals surface area contributed by atoms with Crippen LogP contribution in [0.4, 0.5) is 11.4 Å². The lowest BCUT2D eigenvalue weighted by Gasteiger charge is -2.34. The molecule has 0 bridgehead atoms. The third kappa shape index (κ3) is 9.79. The SMILES string of the molecule is CN[C@@H](C)C(=O)N[C@H]1CCO[C@H]2CC(C)(C)C(C(=O)Nc3ccccc3SSc3ccccc3NC(=O)C3N4C(=O)[C@@H](NC(=S)[C@H](C)NC)CCO[C@H]4CC3(C)C)N2C1=O. The summed E-state index contributed by atoms with van der Waals surface area (Å²) in [4.78, 5) is 74.7. The number of hydrogen-bond donors (Lipinski definition) is 6. The van der Waals surface area contributed by atoms with Gasteiger partial charge in [-0.1, -0.05) is 85.8 Å². The number of para-hydroxylation sites is 2. The van der Waals surface area contributed by atoms with E-state index in [0.717, 1.165) is 9.79 Å². The van der Waals surface area contributed by atoms with Gasteiger partial charge in [-0.3, -0.25) is 24.0 Å². The van der Waals surface area contributed by atoms with Crippen LogP contribution >= 0.6 is 33.8 Å². The fourth-order valence-corrected chi connectivity index (χ4v) is 10.9. The number of thiocarbonyl (C=S) groups is 1. The zero-order valence-corrected chi connectivity index (χ0v) is 37.9. The molecule has 18 heteroatoms. The number of benzene rings is 2. The molecule has 60 heavy (non-hydrogen) atoms. The zero-order chi connectivity index (χ0) is 43.5. The molecule has 2 aromatic rings. The van der Waals surface area contributed by atoms with Gasteiger partial charge in [0.1, 0.15) is 36.6 Å². The molecule has 0 saturated carbocycles. The highest BCUT2D eigenvalue weighted by molar-refractivity contribution is 8.76. The molecule has 4 aliphatic rings. The molecular formula is C42H58N8O7S3. The smallest absolute Gasteiger partial charge is 0.247 e. The monoisotopic (exact) mass is 882 g/mol. The molecule has 5 amide bonds. The minimum Gasteiger partial charge on any atom is -0.367 e. The van der Waals surface area contributed by atoms with E-state index in [1.165, 1.54) is 26.5 Å². The summed E-state index contributed by atoms with van der Waals surface area (Å²) < 4.78 is 12.3. The Morgan fingerprint density at radius 1 is 0.700 bits per heavy atom. The summed E-state index contributed by atoms with van der Waals surface area (Å²) in [5.41, 5.74) is -0.0825. The fourth-order valence-electron chi connectivity index (χ4n) is 8.34. The first-order chi connectivity index (χ1) is 28.5. The molecule has 4 heterocycles. The number of hydrogen-bond acceptors (Lipinski definition) is 12. The van der Waals surface area contributed by atoms with Crippen molar-refractivity contribution >= 4 is 79.7 Å². The van der Waals surface area contributed by atoms with Gasteiger partial charge in [-0.2, -0.15) is 0 Å². The number of likely N-dealkylation sites (N-methyl/N-ethyl adjacent to an activating group) is 2. The van der Waals surface area contributed by atoms with E-state index in [4.69, 9.17) is 21.7 Å². The quantitative estimate of drug-likeness (QED) is 0.125. The number of carbonyl (C=O) groups is 5. The number of nitrogens with one attached hydrogen (secondary N) is 6. The number of fused-ring (bicyclic) bond motifs is 2. The average molecular weight is 883 g/mol. The van der Waals surface area contributed by atoms with Crippen molar-refractivity contribution in [2.24, 2.45) is 10.8 Å². The first-order valence-corrected chi connectivity index (χ1v) is 23.0. The second kappa shape index (κ2) is 19.1. The van der Waals surface area contributed by atoms with E-state index < -0.39 is 53.5 Å². The van der Waals surface area contributed by atoms with Crippen molar-refractivity contribution in [3.8, 4) is 0 Å². The Balaban J connectivity index is 1.16. The lowest BCUT2D eigenvalue weighted by atomic mass is 9.83. The highest BCUT2D eigenvalue weighted by Crippen LogP contribution is 2.47. The van der Waals surface area contributed by atoms with Crippen LogP contribution < -0.4 is 31.9 Å². The lowest BCUT2D eigenvalue weighted by molar-refractivity contribution is -0.148. The largest absolute Gasteiger partial charge is 0.367 e. The third-order valence-electron chi connectivity index (χ3n) is 11.9. The first-order valence-electron chi connectivity index (χ1n) is 20.4. The maximum Gasteiger partial charge on any atom is 0.247 e. The fraction of sp³-hybridized carbons (Fsp3) is 0.571. The minimum atomic E-state index is -0.864. The predicted molar refractivity (Wildman–Crippen MR) is 237 cm³/mol. The van der Waals surface area contributed by atoms with Gasteiger partial charge in [0.05, 0.1) is 41.7 Å². The molecule has 0 aliphatic carbocycles. The average Bonchev–Trinajstić information content (AvgIpc) is 3.53. The van der Waals surface area contributed by atoms with Gasteiger partial charge in [-0.25, -0.2) is 0 Å². The molecule has 0 aromatic heterocycles. The van der Waals surface area contributed by atoms with Crippen LogP contribution in [0.25, 0.3) is 0 Å². The van der Waals surface area contributed by atoms with E-state index >= 15 is 0 Å². The van der Waals surface area contributed by atoms with Crippen LogP contribution in [0.3, 0.4) is 0 Å². The van der Waals surface area contributed by atoms with E-state index in [2.05, 4.69) is 31.9 Å². The van der Waals surface area contributed by atoms with E-state index in [0.29, 0.717) is 48.7 Å². The first kappa shape index (κ1) is 45.7. The summed E-state index contributed by atoms with van der Waals surface area (Å²) in [6.45, 7) is 12.1. The van der Waals surface area contributed by atoms with E-state index in [9.17, 15) is 24.0 Å². The number of carbonyl (C=O) groups excluding carboxylic acids is 5. The van der Waals surface area contributed by atoms with Crippen molar-refractivity contribution in [1.29, 1.82) is 0 Å². The topological polar surface area (TPSA) is 182 Å². The number of ether oxygens (including phenoxy) is 2. The summed E-state index contributed by atoms with van der Waals surface area (Å²) in [6, 6.07) is 11.1. The molecule has 0 radical (unpaired) electrons. The molecule has 4 aliphatic heterocycles. The van der Waals surface area contributed by atoms with Crippen LogP contribution in [-0.4, -0.2) is 120 Å². The zero-order valence-electron chi connectivity index (χ0n) is 35.5. The molecular weight excluding hydrogens is 825 g/mol. The molecule has 0 spiro atoms. The van der Waals surface area contributed by atoms with E-state index in [1.807, 2.05) is 83.1 Å². The van der Waals surface area contributed by atoms with Crippen LogP contribution in [0.2, 0.25) is 0 Å².